The summed E-state index contributed by atoms with van der Waals surface area (Å²) < 4.78 is 14.1. The van der Waals surface area contributed by atoms with Crippen LogP contribution < -0.4 is 5.73 Å². The summed E-state index contributed by atoms with van der Waals surface area (Å²) in [6.07, 6.45) is 21.0. The summed E-state index contributed by atoms with van der Waals surface area (Å²) in [5.41, 5.74) is 12.5. The Labute approximate surface area is 349 Å². The van der Waals surface area contributed by atoms with Crippen molar-refractivity contribution in [3.05, 3.63) is 92.6 Å². The molecule has 1 unspecified atom stereocenters. The van der Waals surface area contributed by atoms with E-state index in [9.17, 15) is 9.90 Å². The minimum absolute atomic E-state index is 0.166. The molecule has 0 aromatic heterocycles. The third-order valence-corrected chi connectivity index (χ3v) is 19.0. The number of nitrogens with zero attached hydrogens (tertiary/aromatic N) is 2. The molecule has 8 heteroatoms. The number of rotatable bonds is 4. The zero-order valence-electron chi connectivity index (χ0n) is 35.0. The number of fused-ring (bicyclic) bond motifs is 3. The van der Waals surface area contributed by atoms with Gasteiger partial charge in [-0.2, -0.15) is 0 Å². The summed E-state index contributed by atoms with van der Waals surface area (Å²) in [5, 5.41) is 13.2. The van der Waals surface area contributed by atoms with Gasteiger partial charge in [0.25, 0.3) is 0 Å². The number of aryl methyl sites for hydroxylation is 1. The summed E-state index contributed by atoms with van der Waals surface area (Å²) in [4.78, 5) is 36.3. The van der Waals surface area contributed by atoms with E-state index in [0.29, 0.717) is 78.7 Å². The van der Waals surface area contributed by atoms with Crippen molar-refractivity contribution in [2.24, 2.45) is 63.9 Å². The van der Waals surface area contributed by atoms with Gasteiger partial charge in [-0.1, -0.05) is 68.7 Å². The minimum Gasteiger partial charge on any atom is -0.509 e. The number of nitrogens with two attached hydrogens (primary N) is 1. The molecule has 15 aliphatic rings. The third-order valence-electron chi connectivity index (χ3n) is 19.0. The Kier molecular flexibility index (Phi) is 7.50. The lowest BCUT2D eigenvalue weighted by molar-refractivity contribution is -0.279. The lowest BCUT2D eigenvalue weighted by Crippen LogP contribution is -2.77. The van der Waals surface area contributed by atoms with E-state index < -0.39 is 16.4 Å². The van der Waals surface area contributed by atoms with Gasteiger partial charge in [-0.15, -0.1) is 0 Å². The van der Waals surface area contributed by atoms with Gasteiger partial charge in [-0.05, 0) is 135 Å². The number of benzene rings is 1. The first-order valence-corrected chi connectivity index (χ1v) is 23.8. The fourth-order valence-corrected chi connectivity index (χ4v) is 17.1. The summed E-state index contributed by atoms with van der Waals surface area (Å²) in [5.74, 6) is 2.83. The average molecular weight is 796 g/mol. The first-order valence-electron chi connectivity index (χ1n) is 23.8. The zero-order chi connectivity index (χ0) is 39.7. The maximum atomic E-state index is 15.9. The van der Waals surface area contributed by atoms with Gasteiger partial charge >= 0.3 is 11.9 Å². The number of ether oxygens (including phenoxy) is 2. The SMILES string of the molecule is C[C@H]1CCC2=C[C@@H]3[C@@H]4C5=C2[C@]26C(=O)O/C(=C(\O)C[C@H](C7CCCC7)N7C[C@H]8C[C@@H](C7)[C@@H]7C=CC(=C4N7C8)C[C@@H]3C)[C@@]2(CC5)[C@]2(OC(=O)c3c(CCCN)cccc32)[C@H]6C1. The molecule has 3 N–H and O–H groups in total. The van der Waals surface area contributed by atoms with Gasteiger partial charge in [0.1, 0.15) is 11.2 Å². The molecular weight excluding hydrogens is 735 g/mol. The number of piperidine rings is 2. The van der Waals surface area contributed by atoms with Gasteiger partial charge in [0.15, 0.2) is 11.4 Å². The van der Waals surface area contributed by atoms with Crippen LogP contribution in [0.3, 0.4) is 0 Å². The normalized spacial score (nSPS) is 45.9. The molecule has 9 aliphatic heterocycles. The molecule has 310 valence electrons. The fourth-order valence-electron chi connectivity index (χ4n) is 17.1. The van der Waals surface area contributed by atoms with Crippen molar-refractivity contribution in [2.45, 2.75) is 121 Å². The largest absolute Gasteiger partial charge is 0.509 e. The summed E-state index contributed by atoms with van der Waals surface area (Å²) in [6.45, 7) is 8.51. The van der Waals surface area contributed by atoms with Gasteiger partial charge < -0.3 is 25.2 Å². The van der Waals surface area contributed by atoms with Crippen LogP contribution in [-0.4, -0.2) is 65.1 Å². The molecule has 3 spiro atoms. The number of hydrogen-bond donors (Lipinski definition) is 2. The fraction of sp³-hybridized carbons (Fsp3) is 0.647. The average Bonchev–Trinajstić information content (AvgIpc) is 3.94. The van der Waals surface area contributed by atoms with Crippen LogP contribution in [-0.2, 0) is 26.3 Å². The minimum atomic E-state index is -1.12. The number of carbonyl (C=O) groups excluding carboxylic acids is 2. The van der Waals surface area contributed by atoms with E-state index >= 15 is 4.79 Å². The van der Waals surface area contributed by atoms with E-state index in [0.717, 1.165) is 69.3 Å². The molecule has 16 rings (SSSR count). The molecule has 13 atom stereocenters. The highest BCUT2D eigenvalue weighted by atomic mass is 16.6. The lowest BCUT2D eigenvalue weighted by Gasteiger charge is -2.72. The molecule has 6 aliphatic carbocycles. The van der Waals surface area contributed by atoms with Crippen LogP contribution in [0.4, 0.5) is 0 Å². The van der Waals surface area contributed by atoms with Crippen LogP contribution in [0.2, 0.25) is 0 Å². The Morgan fingerprint density at radius 2 is 1.86 bits per heavy atom. The Morgan fingerprint density at radius 1 is 1.00 bits per heavy atom. The Bertz CT molecular complexity index is 2260. The molecule has 0 radical (unpaired) electrons. The van der Waals surface area contributed by atoms with E-state index in [-0.39, 0.29) is 35.6 Å². The van der Waals surface area contributed by atoms with Crippen LogP contribution >= 0.6 is 0 Å². The van der Waals surface area contributed by atoms with Crippen molar-refractivity contribution >= 4 is 11.9 Å². The maximum absolute atomic E-state index is 15.9. The number of aliphatic hydroxyl groups excluding tert-OH is 1. The van der Waals surface area contributed by atoms with Crippen LogP contribution in [0.1, 0.15) is 119 Å². The van der Waals surface area contributed by atoms with Crippen LogP contribution in [0.5, 0.6) is 0 Å². The Balaban J connectivity index is 1.12. The monoisotopic (exact) mass is 795 g/mol. The topological polar surface area (TPSA) is 105 Å². The quantitative estimate of drug-likeness (QED) is 0.293. The van der Waals surface area contributed by atoms with Crippen LogP contribution in [0.25, 0.3) is 0 Å². The van der Waals surface area contributed by atoms with Crippen molar-refractivity contribution < 1.29 is 24.2 Å². The number of aliphatic hydroxyl groups is 1. The van der Waals surface area contributed by atoms with Crippen molar-refractivity contribution in [3.8, 4) is 0 Å². The van der Waals surface area contributed by atoms with Gasteiger partial charge in [-0.3, -0.25) is 9.69 Å². The number of allylic oxidation sites excluding steroid dienone is 5. The standard InChI is InChI=1S/C51H61N3O5/c1-27-12-13-32-22-36-28(2)20-33-14-15-38-34-21-29-24-53(26-34)39(30-7-3-4-8-30)23-40(55)46-49-17-16-35(43(36)45(33)54(38)25-29)44(32)50(49,48(57)58-46)41(19-27)51(49)37-11-5-9-31(10-6-18-52)42(37)47(56)59-51/h5,9,11,14-15,22,27-30,34,36,38-39,41,43,55H,3-4,6-8,10,12-13,16-21,23-26,52H2,1-2H3/b46-40-/t27-,28-,29+,34-,36-,38-,39+,41-,43-,49+,50+,51+/m0/s1. The Morgan fingerprint density at radius 3 is 2.71 bits per heavy atom. The molecule has 59 heavy (non-hydrogen) atoms. The highest BCUT2D eigenvalue weighted by Gasteiger charge is 2.93. The van der Waals surface area contributed by atoms with E-state index in [1.54, 1.807) is 5.70 Å². The molecule has 3 saturated heterocycles. The van der Waals surface area contributed by atoms with E-state index in [1.165, 1.54) is 54.4 Å². The van der Waals surface area contributed by atoms with Crippen molar-refractivity contribution in [2.75, 3.05) is 26.2 Å². The third kappa shape index (κ3) is 4.20. The predicted molar refractivity (Wildman–Crippen MR) is 223 cm³/mol. The molecule has 6 fully saturated rings. The number of carbonyl (C=O) groups is 2. The second kappa shape index (κ2) is 12.3. The zero-order valence-corrected chi connectivity index (χ0v) is 35.0. The van der Waals surface area contributed by atoms with Gasteiger partial charge in [0, 0.05) is 55.2 Å². The molecular formula is C51H61N3O5. The summed E-state index contributed by atoms with van der Waals surface area (Å²) >= 11 is 0. The molecule has 3 saturated carbocycles. The van der Waals surface area contributed by atoms with Gasteiger partial charge in [0.2, 0.25) is 0 Å². The van der Waals surface area contributed by atoms with E-state index in [2.05, 4.69) is 60.1 Å². The lowest BCUT2D eigenvalue weighted by atomic mass is 9.28. The molecule has 9 heterocycles. The van der Waals surface area contributed by atoms with Crippen LogP contribution in [0.15, 0.2) is 75.9 Å². The second-order valence-corrected chi connectivity index (χ2v) is 21.5. The number of esters is 2. The summed E-state index contributed by atoms with van der Waals surface area (Å²) in [7, 11) is 0. The molecule has 1 aromatic carbocycles. The van der Waals surface area contributed by atoms with Gasteiger partial charge in [-0.25, -0.2) is 4.79 Å². The van der Waals surface area contributed by atoms with E-state index in [1.807, 2.05) is 0 Å². The number of hydrogen-bond acceptors (Lipinski definition) is 8. The highest BCUT2D eigenvalue weighted by molar-refractivity contribution is 6.01. The van der Waals surface area contributed by atoms with Gasteiger partial charge in [0.05, 0.1) is 17.0 Å². The van der Waals surface area contributed by atoms with Crippen molar-refractivity contribution in [3.63, 3.8) is 0 Å². The summed E-state index contributed by atoms with van der Waals surface area (Å²) in [6, 6.07) is 6.82. The second-order valence-electron chi connectivity index (χ2n) is 21.5. The molecule has 12 bridgehead atoms. The molecule has 1 aromatic rings. The van der Waals surface area contributed by atoms with E-state index in [4.69, 9.17) is 15.2 Å². The predicted octanol–water partition coefficient (Wildman–Crippen LogP) is 8.40. The Hall–Kier alpha value is -3.62. The van der Waals surface area contributed by atoms with Crippen molar-refractivity contribution in [1.29, 1.82) is 0 Å². The highest BCUT2D eigenvalue weighted by Crippen LogP contribution is 2.88. The van der Waals surface area contributed by atoms with Crippen LogP contribution in [0, 0.1) is 58.2 Å². The molecule has 0 amide bonds. The first kappa shape index (κ1) is 36.1. The smallest absolute Gasteiger partial charge is 0.339 e. The maximum Gasteiger partial charge on any atom is 0.339 e. The molecule has 8 nitrogen and oxygen atoms in total. The van der Waals surface area contributed by atoms with Crippen molar-refractivity contribution in [1.82, 2.24) is 9.80 Å². The first-order chi connectivity index (χ1) is 28.7.